The second-order valence-electron chi connectivity index (χ2n) is 5.42. The molecule has 0 atom stereocenters. The van der Waals surface area contributed by atoms with Crippen molar-refractivity contribution < 1.29 is 0 Å². The second kappa shape index (κ2) is 6.42. The van der Waals surface area contributed by atoms with Gasteiger partial charge in [-0.25, -0.2) is 0 Å². The normalized spacial score (nSPS) is 14.4. The maximum absolute atomic E-state index is 3.56. The number of nitrogens with zero attached hydrogens (tertiary/aromatic N) is 1. The first-order valence-corrected chi connectivity index (χ1v) is 8.33. The van der Waals surface area contributed by atoms with Gasteiger partial charge in [0.1, 0.15) is 0 Å². The predicted molar refractivity (Wildman–Crippen MR) is 87.3 cm³/mol. The van der Waals surface area contributed by atoms with Crippen LogP contribution in [0.5, 0.6) is 0 Å². The number of thiophene rings is 1. The summed E-state index contributed by atoms with van der Waals surface area (Å²) in [6, 6.07) is 14.1. The molecule has 1 saturated carbocycles. The smallest absolute Gasteiger partial charge is 0.0522 e. The molecule has 3 rings (SSSR count). The van der Waals surface area contributed by atoms with Gasteiger partial charge in [0.05, 0.1) is 6.54 Å². The zero-order valence-electron chi connectivity index (χ0n) is 12.0. The van der Waals surface area contributed by atoms with E-state index in [4.69, 9.17) is 0 Å². The van der Waals surface area contributed by atoms with Gasteiger partial charge in [-0.2, -0.15) is 0 Å². The predicted octanol–water partition coefficient (Wildman–Crippen LogP) is 4.03. The largest absolute Gasteiger partial charge is 0.367 e. The molecular formula is C17H22N2S. The van der Waals surface area contributed by atoms with E-state index in [-0.39, 0.29) is 0 Å². The van der Waals surface area contributed by atoms with Gasteiger partial charge >= 0.3 is 0 Å². The fourth-order valence-corrected chi connectivity index (χ4v) is 3.07. The van der Waals surface area contributed by atoms with E-state index >= 15 is 0 Å². The molecule has 0 saturated heterocycles. The molecule has 0 bridgehead atoms. The van der Waals surface area contributed by atoms with Gasteiger partial charge in [-0.3, -0.25) is 0 Å². The zero-order chi connectivity index (χ0) is 13.8. The van der Waals surface area contributed by atoms with E-state index < -0.39 is 0 Å². The van der Waals surface area contributed by atoms with E-state index in [1.165, 1.54) is 29.0 Å². The van der Waals surface area contributed by atoms with Crippen LogP contribution in [0, 0.1) is 0 Å². The number of benzene rings is 1. The monoisotopic (exact) mass is 286 g/mol. The molecule has 0 amide bonds. The Hall–Kier alpha value is -1.32. The third kappa shape index (κ3) is 3.62. The van der Waals surface area contributed by atoms with Gasteiger partial charge in [0.25, 0.3) is 0 Å². The van der Waals surface area contributed by atoms with Crippen LogP contribution in [-0.2, 0) is 13.1 Å². The Kier molecular flexibility index (Phi) is 4.38. The summed E-state index contributed by atoms with van der Waals surface area (Å²) in [7, 11) is 0. The maximum Gasteiger partial charge on any atom is 0.0522 e. The van der Waals surface area contributed by atoms with E-state index in [9.17, 15) is 0 Å². The van der Waals surface area contributed by atoms with E-state index in [2.05, 4.69) is 58.9 Å². The molecular weight excluding hydrogens is 264 g/mol. The van der Waals surface area contributed by atoms with Gasteiger partial charge in [-0.05, 0) is 48.9 Å². The molecule has 1 heterocycles. The molecule has 0 radical (unpaired) electrons. The van der Waals surface area contributed by atoms with Gasteiger partial charge < -0.3 is 10.2 Å². The van der Waals surface area contributed by atoms with Crippen LogP contribution < -0.4 is 10.2 Å². The molecule has 0 unspecified atom stereocenters. The first kappa shape index (κ1) is 13.7. The van der Waals surface area contributed by atoms with Crippen LogP contribution in [0.3, 0.4) is 0 Å². The van der Waals surface area contributed by atoms with Crippen molar-refractivity contribution in [2.45, 2.75) is 38.9 Å². The lowest BCUT2D eigenvalue weighted by Gasteiger charge is -2.22. The quantitative estimate of drug-likeness (QED) is 0.827. The van der Waals surface area contributed by atoms with Crippen LogP contribution >= 0.6 is 11.3 Å². The van der Waals surface area contributed by atoms with Crippen molar-refractivity contribution in [2.75, 3.05) is 11.4 Å². The van der Waals surface area contributed by atoms with Crippen molar-refractivity contribution in [2.24, 2.45) is 0 Å². The molecule has 0 spiro atoms. The van der Waals surface area contributed by atoms with Gasteiger partial charge in [-0.1, -0.05) is 18.2 Å². The molecule has 1 aliphatic carbocycles. The lowest BCUT2D eigenvalue weighted by Crippen LogP contribution is -2.21. The van der Waals surface area contributed by atoms with Crippen molar-refractivity contribution in [3.8, 4) is 0 Å². The zero-order valence-corrected chi connectivity index (χ0v) is 12.8. The SMILES string of the molecule is CCN(Cc1cccs1)c1ccc(CNC2CC2)cc1. The Labute approximate surface area is 125 Å². The lowest BCUT2D eigenvalue weighted by atomic mass is 10.2. The topological polar surface area (TPSA) is 15.3 Å². The van der Waals surface area contributed by atoms with E-state index in [1.807, 2.05) is 11.3 Å². The highest BCUT2D eigenvalue weighted by atomic mass is 32.1. The van der Waals surface area contributed by atoms with Crippen molar-refractivity contribution in [1.29, 1.82) is 0 Å². The van der Waals surface area contributed by atoms with Crippen LogP contribution in [0.1, 0.15) is 30.2 Å². The Morgan fingerprint density at radius 2 is 2.00 bits per heavy atom. The Balaban J connectivity index is 1.61. The van der Waals surface area contributed by atoms with Crippen molar-refractivity contribution in [3.05, 3.63) is 52.2 Å². The highest BCUT2D eigenvalue weighted by molar-refractivity contribution is 7.09. The van der Waals surface area contributed by atoms with E-state index in [0.29, 0.717) is 0 Å². The summed E-state index contributed by atoms with van der Waals surface area (Å²) in [6.45, 7) is 5.27. The molecule has 1 aliphatic rings. The summed E-state index contributed by atoms with van der Waals surface area (Å²) in [5, 5.41) is 5.71. The van der Waals surface area contributed by atoms with E-state index in [0.717, 1.165) is 25.7 Å². The minimum absolute atomic E-state index is 0.778. The Morgan fingerprint density at radius 1 is 1.20 bits per heavy atom. The van der Waals surface area contributed by atoms with E-state index in [1.54, 1.807) is 0 Å². The average molecular weight is 286 g/mol. The fraction of sp³-hybridized carbons (Fsp3) is 0.412. The summed E-state index contributed by atoms with van der Waals surface area (Å²) in [5.74, 6) is 0. The third-order valence-electron chi connectivity index (χ3n) is 3.78. The third-order valence-corrected chi connectivity index (χ3v) is 4.64. The molecule has 20 heavy (non-hydrogen) atoms. The first-order valence-electron chi connectivity index (χ1n) is 7.45. The fourth-order valence-electron chi connectivity index (χ4n) is 2.35. The lowest BCUT2D eigenvalue weighted by molar-refractivity contribution is 0.687. The van der Waals surface area contributed by atoms with Gasteiger partial charge in [0.2, 0.25) is 0 Å². The summed E-state index contributed by atoms with van der Waals surface area (Å²) in [5.41, 5.74) is 2.70. The van der Waals surface area contributed by atoms with Crippen LogP contribution in [0.4, 0.5) is 5.69 Å². The Morgan fingerprint density at radius 3 is 2.60 bits per heavy atom. The van der Waals surface area contributed by atoms with Crippen LogP contribution in [-0.4, -0.2) is 12.6 Å². The molecule has 3 heteroatoms. The summed E-state index contributed by atoms with van der Waals surface area (Å²) < 4.78 is 0. The van der Waals surface area contributed by atoms with Gasteiger partial charge in [0, 0.05) is 29.7 Å². The summed E-state index contributed by atoms with van der Waals surface area (Å²) in [4.78, 5) is 3.84. The maximum atomic E-state index is 3.56. The average Bonchev–Trinajstić information content (AvgIpc) is 3.18. The van der Waals surface area contributed by atoms with Crippen molar-refractivity contribution in [3.63, 3.8) is 0 Å². The summed E-state index contributed by atoms with van der Waals surface area (Å²) >= 11 is 1.83. The van der Waals surface area contributed by atoms with Crippen LogP contribution in [0.25, 0.3) is 0 Å². The van der Waals surface area contributed by atoms with Crippen molar-refractivity contribution >= 4 is 17.0 Å². The van der Waals surface area contributed by atoms with Crippen LogP contribution in [0.15, 0.2) is 41.8 Å². The molecule has 1 fully saturated rings. The number of hydrogen-bond donors (Lipinski definition) is 1. The minimum atomic E-state index is 0.778. The molecule has 2 aromatic rings. The molecule has 2 nitrogen and oxygen atoms in total. The molecule has 0 aliphatic heterocycles. The highest BCUT2D eigenvalue weighted by Crippen LogP contribution is 2.22. The molecule has 106 valence electrons. The highest BCUT2D eigenvalue weighted by Gasteiger charge is 2.19. The number of rotatable bonds is 7. The second-order valence-corrected chi connectivity index (χ2v) is 6.45. The number of anilines is 1. The van der Waals surface area contributed by atoms with Gasteiger partial charge in [-0.15, -0.1) is 11.3 Å². The molecule has 1 aromatic carbocycles. The molecule has 1 N–H and O–H groups in total. The first-order chi connectivity index (χ1) is 9.85. The minimum Gasteiger partial charge on any atom is -0.367 e. The van der Waals surface area contributed by atoms with Crippen LogP contribution in [0.2, 0.25) is 0 Å². The molecule has 1 aromatic heterocycles. The number of hydrogen-bond acceptors (Lipinski definition) is 3. The van der Waals surface area contributed by atoms with Gasteiger partial charge in [0.15, 0.2) is 0 Å². The summed E-state index contributed by atoms with van der Waals surface area (Å²) in [6.07, 6.45) is 2.70. The number of nitrogens with one attached hydrogen (secondary N) is 1. The standard InChI is InChI=1S/C17H22N2S/c1-2-19(13-17-4-3-11-20-17)16-9-5-14(6-10-16)12-18-15-7-8-15/h3-6,9-11,15,18H,2,7-8,12-13H2,1H3. The van der Waals surface area contributed by atoms with Crippen molar-refractivity contribution in [1.82, 2.24) is 5.32 Å². The Bertz CT molecular complexity index is 514.